The first-order valence-electron chi connectivity index (χ1n) is 8.50. The number of nitrogens with one attached hydrogen (secondary N) is 1. The zero-order chi connectivity index (χ0) is 18.8. The predicted molar refractivity (Wildman–Crippen MR) is 109 cm³/mol. The lowest BCUT2D eigenvalue weighted by Gasteiger charge is -2.11. The molecule has 0 aliphatic rings. The molecule has 0 unspecified atom stereocenters. The van der Waals surface area contributed by atoms with E-state index in [0.29, 0.717) is 22.0 Å². The minimum atomic E-state index is -0.217. The molecular weight excluding hydrogens is 358 g/mol. The SMILES string of the molecule is Cc1ccc(NC(=O)c2cc(-c3ccccn3)nc3ccccc23)cc1Cl. The second-order valence-corrected chi connectivity index (χ2v) is 6.61. The van der Waals surface area contributed by atoms with Crippen molar-refractivity contribution in [2.24, 2.45) is 0 Å². The van der Waals surface area contributed by atoms with Gasteiger partial charge < -0.3 is 5.32 Å². The maximum Gasteiger partial charge on any atom is 0.256 e. The Kier molecular flexibility index (Phi) is 4.57. The highest BCUT2D eigenvalue weighted by Crippen LogP contribution is 2.25. The van der Waals surface area contributed by atoms with Crippen LogP contribution in [-0.4, -0.2) is 15.9 Å². The molecule has 0 saturated heterocycles. The summed E-state index contributed by atoms with van der Waals surface area (Å²) in [6.07, 6.45) is 1.71. The molecule has 0 aliphatic heterocycles. The quantitative estimate of drug-likeness (QED) is 0.515. The van der Waals surface area contributed by atoms with E-state index < -0.39 is 0 Å². The number of halogens is 1. The lowest BCUT2D eigenvalue weighted by Crippen LogP contribution is -2.13. The van der Waals surface area contributed by atoms with Crippen molar-refractivity contribution in [2.45, 2.75) is 6.92 Å². The van der Waals surface area contributed by atoms with Crippen molar-refractivity contribution in [3.05, 3.63) is 89.1 Å². The molecule has 27 heavy (non-hydrogen) atoms. The van der Waals surface area contributed by atoms with Crippen molar-refractivity contribution in [3.63, 3.8) is 0 Å². The lowest BCUT2D eigenvalue weighted by atomic mass is 10.1. The lowest BCUT2D eigenvalue weighted by molar-refractivity contribution is 0.102. The number of para-hydroxylation sites is 1. The highest BCUT2D eigenvalue weighted by atomic mass is 35.5. The number of rotatable bonds is 3. The summed E-state index contributed by atoms with van der Waals surface area (Å²) in [6, 6.07) is 20.4. The molecule has 2 heterocycles. The zero-order valence-corrected chi connectivity index (χ0v) is 15.4. The Hall–Kier alpha value is -3.24. The number of pyridine rings is 2. The van der Waals surface area contributed by atoms with Gasteiger partial charge >= 0.3 is 0 Å². The number of carbonyl (C=O) groups is 1. The van der Waals surface area contributed by atoms with E-state index in [2.05, 4.69) is 15.3 Å². The first-order valence-corrected chi connectivity index (χ1v) is 8.88. The molecule has 4 aromatic rings. The number of benzene rings is 2. The standard InChI is InChI=1S/C22H16ClN3O/c1-14-9-10-15(12-18(14)23)25-22(27)17-13-21(20-8-4-5-11-24-20)26-19-7-3-2-6-16(17)19/h2-13H,1H3,(H,25,27). The monoisotopic (exact) mass is 373 g/mol. The molecule has 132 valence electrons. The van der Waals surface area contributed by atoms with Crippen molar-refractivity contribution in [1.82, 2.24) is 9.97 Å². The second kappa shape index (κ2) is 7.17. The molecule has 0 bridgehead atoms. The van der Waals surface area contributed by atoms with E-state index in [1.165, 1.54) is 0 Å². The van der Waals surface area contributed by atoms with Crippen LogP contribution in [0.4, 0.5) is 5.69 Å². The number of hydrogen-bond acceptors (Lipinski definition) is 3. The summed E-state index contributed by atoms with van der Waals surface area (Å²) >= 11 is 6.17. The summed E-state index contributed by atoms with van der Waals surface area (Å²) in [5.41, 5.74) is 4.26. The number of carbonyl (C=O) groups excluding carboxylic acids is 1. The highest BCUT2D eigenvalue weighted by Gasteiger charge is 2.15. The first-order chi connectivity index (χ1) is 13.1. The van der Waals surface area contributed by atoms with Gasteiger partial charge in [0.2, 0.25) is 0 Å². The predicted octanol–water partition coefficient (Wildman–Crippen LogP) is 5.51. The fourth-order valence-electron chi connectivity index (χ4n) is 2.88. The Morgan fingerprint density at radius 2 is 1.78 bits per heavy atom. The molecule has 2 aromatic carbocycles. The molecule has 0 fully saturated rings. The van der Waals surface area contributed by atoms with Crippen LogP contribution in [0.15, 0.2) is 72.9 Å². The van der Waals surface area contributed by atoms with Crippen molar-refractivity contribution in [1.29, 1.82) is 0 Å². The van der Waals surface area contributed by atoms with Crippen LogP contribution in [-0.2, 0) is 0 Å². The number of aryl methyl sites for hydroxylation is 1. The molecule has 1 N–H and O–H groups in total. The number of aromatic nitrogens is 2. The van der Waals surface area contributed by atoms with Crippen LogP contribution in [0.2, 0.25) is 5.02 Å². The maximum atomic E-state index is 13.0. The molecule has 4 nitrogen and oxygen atoms in total. The van der Waals surface area contributed by atoms with Gasteiger partial charge in [0.15, 0.2) is 0 Å². The molecule has 4 rings (SSSR count). The van der Waals surface area contributed by atoms with E-state index in [-0.39, 0.29) is 5.91 Å². The van der Waals surface area contributed by atoms with Gasteiger partial charge in [-0.25, -0.2) is 4.98 Å². The fraction of sp³-hybridized carbons (Fsp3) is 0.0455. The first kappa shape index (κ1) is 17.2. The highest BCUT2D eigenvalue weighted by molar-refractivity contribution is 6.31. The van der Waals surface area contributed by atoms with Gasteiger partial charge in [-0.15, -0.1) is 0 Å². The Morgan fingerprint density at radius 1 is 0.963 bits per heavy atom. The molecule has 0 saturated carbocycles. The summed E-state index contributed by atoms with van der Waals surface area (Å²) in [6.45, 7) is 1.92. The molecule has 5 heteroatoms. The van der Waals surface area contributed by atoms with E-state index in [4.69, 9.17) is 11.6 Å². The smallest absolute Gasteiger partial charge is 0.256 e. The van der Waals surface area contributed by atoms with Crippen LogP contribution in [0.3, 0.4) is 0 Å². The number of hydrogen-bond donors (Lipinski definition) is 1. The van der Waals surface area contributed by atoms with Crippen molar-refractivity contribution in [3.8, 4) is 11.4 Å². The van der Waals surface area contributed by atoms with Gasteiger partial charge in [-0.2, -0.15) is 0 Å². The van der Waals surface area contributed by atoms with Crippen molar-refractivity contribution in [2.75, 3.05) is 5.32 Å². The Balaban J connectivity index is 1.79. The topological polar surface area (TPSA) is 54.9 Å². The van der Waals surface area contributed by atoms with E-state index in [0.717, 1.165) is 22.2 Å². The number of nitrogens with zero attached hydrogens (tertiary/aromatic N) is 2. The van der Waals surface area contributed by atoms with E-state index in [1.807, 2.05) is 61.5 Å². The third-order valence-corrected chi connectivity index (χ3v) is 4.73. The third-order valence-electron chi connectivity index (χ3n) is 4.32. The summed E-state index contributed by atoms with van der Waals surface area (Å²) < 4.78 is 0. The van der Waals surface area contributed by atoms with Crippen LogP contribution in [0.5, 0.6) is 0 Å². The largest absolute Gasteiger partial charge is 0.322 e. The van der Waals surface area contributed by atoms with Crippen LogP contribution in [0, 0.1) is 6.92 Å². The normalized spacial score (nSPS) is 10.7. The average Bonchev–Trinajstić information content (AvgIpc) is 2.70. The van der Waals surface area contributed by atoms with Crippen LogP contribution >= 0.6 is 11.6 Å². The van der Waals surface area contributed by atoms with E-state index in [1.54, 1.807) is 18.3 Å². The zero-order valence-electron chi connectivity index (χ0n) is 14.6. The molecule has 0 radical (unpaired) electrons. The van der Waals surface area contributed by atoms with Gasteiger partial charge in [0.25, 0.3) is 5.91 Å². The second-order valence-electron chi connectivity index (χ2n) is 6.21. The van der Waals surface area contributed by atoms with Crippen molar-refractivity contribution < 1.29 is 4.79 Å². The molecule has 1 amide bonds. The molecular formula is C22H16ClN3O. The van der Waals surface area contributed by atoms with Gasteiger partial charge in [-0.1, -0.05) is 41.9 Å². The Morgan fingerprint density at radius 3 is 2.56 bits per heavy atom. The number of fused-ring (bicyclic) bond motifs is 1. The summed E-state index contributed by atoms with van der Waals surface area (Å²) in [4.78, 5) is 22.0. The van der Waals surface area contributed by atoms with Crippen molar-refractivity contribution >= 4 is 34.1 Å². The van der Waals surface area contributed by atoms with E-state index >= 15 is 0 Å². The molecule has 0 aliphatic carbocycles. The fourth-order valence-corrected chi connectivity index (χ4v) is 3.06. The van der Waals surface area contributed by atoms with Gasteiger partial charge in [-0.05, 0) is 48.9 Å². The van der Waals surface area contributed by atoms with Gasteiger partial charge in [0, 0.05) is 22.3 Å². The van der Waals surface area contributed by atoms with E-state index in [9.17, 15) is 4.79 Å². The van der Waals surface area contributed by atoms with Crippen LogP contribution in [0.25, 0.3) is 22.3 Å². The maximum absolute atomic E-state index is 13.0. The van der Waals surface area contributed by atoms with Gasteiger partial charge in [0.1, 0.15) is 0 Å². The number of amides is 1. The van der Waals surface area contributed by atoms with Crippen LogP contribution < -0.4 is 5.32 Å². The Bertz CT molecular complexity index is 1140. The molecule has 0 spiro atoms. The third kappa shape index (κ3) is 3.52. The minimum Gasteiger partial charge on any atom is -0.322 e. The minimum absolute atomic E-state index is 0.217. The summed E-state index contributed by atoms with van der Waals surface area (Å²) in [5, 5.41) is 4.32. The molecule has 0 atom stereocenters. The average molecular weight is 374 g/mol. The summed E-state index contributed by atoms with van der Waals surface area (Å²) in [7, 11) is 0. The van der Waals surface area contributed by atoms with Crippen LogP contribution in [0.1, 0.15) is 15.9 Å². The summed E-state index contributed by atoms with van der Waals surface area (Å²) in [5.74, 6) is -0.217. The van der Waals surface area contributed by atoms with Gasteiger partial charge in [-0.3, -0.25) is 9.78 Å². The molecule has 2 aromatic heterocycles. The Labute approximate surface area is 161 Å². The number of anilines is 1. The van der Waals surface area contributed by atoms with Gasteiger partial charge in [0.05, 0.1) is 22.5 Å².